The Hall–Kier alpha value is -1.89. The largest absolute Gasteiger partial charge is 0.394 e. The zero-order valence-corrected chi connectivity index (χ0v) is 9.97. The van der Waals surface area contributed by atoms with Crippen molar-refractivity contribution in [3.05, 3.63) is 32.6 Å². The van der Waals surface area contributed by atoms with E-state index in [-0.39, 0.29) is 24.1 Å². The van der Waals surface area contributed by atoms with E-state index in [2.05, 4.69) is 4.98 Å². The molecule has 0 bridgehead atoms. The number of hydrogen-bond donors (Lipinski definition) is 3. The van der Waals surface area contributed by atoms with E-state index in [9.17, 15) is 19.5 Å². The lowest BCUT2D eigenvalue weighted by Crippen LogP contribution is -2.42. The van der Waals surface area contributed by atoms with Crippen molar-refractivity contribution >= 4 is 5.91 Å². The van der Waals surface area contributed by atoms with Crippen molar-refractivity contribution < 1.29 is 9.90 Å². The molecule has 0 spiro atoms. The summed E-state index contributed by atoms with van der Waals surface area (Å²) < 4.78 is 0. The lowest BCUT2D eigenvalue weighted by Gasteiger charge is -2.24. The molecule has 18 heavy (non-hydrogen) atoms. The predicted octanol–water partition coefficient (Wildman–Crippen LogP) is -1.09. The van der Waals surface area contributed by atoms with E-state index in [1.807, 2.05) is 11.9 Å². The van der Waals surface area contributed by atoms with E-state index < -0.39 is 17.2 Å². The fraction of sp³-hybridized carbons (Fsp3) is 0.545. The van der Waals surface area contributed by atoms with E-state index >= 15 is 0 Å². The molecule has 0 aromatic carbocycles. The predicted molar refractivity (Wildman–Crippen MR) is 63.4 cm³/mol. The number of nitrogens with zero attached hydrogens (tertiary/aromatic N) is 1. The first-order chi connectivity index (χ1) is 8.54. The summed E-state index contributed by atoms with van der Waals surface area (Å²) >= 11 is 0. The zero-order valence-electron chi connectivity index (χ0n) is 9.97. The normalized spacial score (nSPS) is 23.3. The molecule has 0 aliphatic carbocycles. The minimum atomic E-state index is -0.708. The molecule has 1 aliphatic heterocycles. The summed E-state index contributed by atoms with van der Waals surface area (Å²) in [6.07, 6.45) is 1.90. The zero-order chi connectivity index (χ0) is 13.3. The first kappa shape index (κ1) is 12.6. The van der Waals surface area contributed by atoms with Gasteiger partial charge in [0.25, 0.3) is 11.5 Å². The smallest absolute Gasteiger partial charge is 0.325 e. The molecule has 1 aromatic heterocycles. The molecule has 7 nitrogen and oxygen atoms in total. The molecule has 0 saturated carbocycles. The van der Waals surface area contributed by atoms with Crippen LogP contribution in [0.4, 0.5) is 0 Å². The molecule has 2 unspecified atom stereocenters. The van der Waals surface area contributed by atoms with Crippen molar-refractivity contribution in [3.63, 3.8) is 0 Å². The van der Waals surface area contributed by atoms with Crippen LogP contribution in [-0.2, 0) is 0 Å². The Morgan fingerprint density at radius 2 is 2.28 bits per heavy atom. The number of aromatic nitrogens is 2. The average molecular weight is 253 g/mol. The highest BCUT2D eigenvalue weighted by molar-refractivity contribution is 5.93. The van der Waals surface area contributed by atoms with E-state index in [0.717, 1.165) is 12.6 Å². The van der Waals surface area contributed by atoms with Crippen LogP contribution in [0.25, 0.3) is 0 Å². The second-order valence-electron chi connectivity index (χ2n) is 4.50. The Kier molecular flexibility index (Phi) is 3.33. The maximum atomic E-state index is 12.2. The van der Waals surface area contributed by atoms with Crippen molar-refractivity contribution in [3.8, 4) is 0 Å². The van der Waals surface area contributed by atoms with Gasteiger partial charge in [-0.3, -0.25) is 14.6 Å². The summed E-state index contributed by atoms with van der Waals surface area (Å²) in [6.45, 7) is 2.32. The van der Waals surface area contributed by atoms with Gasteiger partial charge < -0.3 is 15.0 Å². The second-order valence-corrected chi connectivity index (χ2v) is 4.50. The first-order valence-corrected chi connectivity index (χ1v) is 5.78. The average Bonchev–Trinajstić information content (AvgIpc) is 2.69. The molecule has 3 N–H and O–H groups in total. The summed E-state index contributed by atoms with van der Waals surface area (Å²) in [5.74, 6) is -0.267. The van der Waals surface area contributed by atoms with Crippen molar-refractivity contribution in [2.45, 2.75) is 19.4 Å². The number of amides is 1. The fourth-order valence-corrected chi connectivity index (χ4v) is 2.26. The van der Waals surface area contributed by atoms with E-state index in [1.54, 1.807) is 0 Å². The van der Waals surface area contributed by atoms with Crippen LogP contribution < -0.4 is 11.2 Å². The van der Waals surface area contributed by atoms with Crippen molar-refractivity contribution in [2.24, 2.45) is 5.92 Å². The van der Waals surface area contributed by atoms with Gasteiger partial charge in [-0.25, -0.2) is 4.79 Å². The summed E-state index contributed by atoms with van der Waals surface area (Å²) in [4.78, 5) is 40.3. The maximum absolute atomic E-state index is 12.2. The number of aliphatic hydroxyl groups is 1. The number of likely N-dealkylation sites (tertiary alicyclic amines) is 1. The number of hydrogen-bond acceptors (Lipinski definition) is 4. The van der Waals surface area contributed by atoms with Gasteiger partial charge in [0, 0.05) is 12.7 Å². The van der Waals surface area contributed by atoms with Crippen LogP contribution in [0.5, 0.6) is 0 Å². The van der Waals surface area contributed by atoms with E-state index in [4.69, 9.17) is 0 Å². The molecule has 2 atom stereocenters. The highest BCUT2D eigenvalue weighted by atomic mass is 16.3. The molecule has 7 heteroatoms. The van der Waals surface area contributed by atoms with Gasteiger partial charge in [0.05, 0.1) is 12.6 Å². The molecule has 1 fully saturated rings. The van der Waals surface area contributed by atoms with Gasteiger partial charge >= 0.3 is 5.69 Å². The number of aromatic amines is 2. The molecule has 1 aromatic rings. The monoisotopic (exact) mass is 253 g/mol. The van der Waals surface area contributed by atoms with Gasteiger partial charge in [-0.1, -0.05) is 6.92 Å². The lowest BCUT2D eigenvalue weighted by atomic mass is 10.0. The summed E-state index contributed by atoms with van der Waals surface area (Å²) in [7, 11) is 0. The van der Waals surface area contributed by atoms with Gasteiger partial charge in [0.15, 0.2) is 0 Å². The van der Waals surface area contributed by atoms with Crippen LogP contribution in [-0.4, -0.2) is 45.1 Å². The molecule has 1 amide bonds. The van der Waals surface area contributed by atoms with Gasteiger partial charge in [0.2, 0.25) is 0 Å². The van der Waals surface area contributed by atoms with E-state index in [1.165, 1.54) is 4.90 Å². The standard InChI is InChI=1S/C11H15N3O4/c1-6-2-3-14(8(6)5-15)10(17)7-4-12-11(18)13-9(7)16/h4,6,8,15H,2-3,5H2,1H3,(H2,12,13,16,18). The molecule has 98 valence electrons. The third-order valence-electron chi connectivity index (χ3n) is 3.38. The molecular formula is C11H15N3O4. The van der Waals surface area contributed by atoms with Gasteiger partial charge in [-0.2, -0.15) is 0 Å². The van der Waals surface area contributed by atoms with Gasteiger partial charge in [-0.05, 0) is 12.3 Å². The third-order valence-corrected chi connectivity index (χ3v) is 3.38. The van der Waals surface area contributed by atoms with Crippen molar-refractivity contribution in [2.75, 3.05) is 13.2 Å². The first-order valence-electron chi connectivity index (χ1n) is 5.78. The summed E-state index contributed by atoms with van der Waals surface area (Å²) in [5, 5.41) is 9.28. The molecule has 2 heterocycles. The Labute approximate surface area is 102 Å². The summed E-state index contributed by atoms with van der Waals surface area (Å²) in [6, 6.07) is -0.274. The van der Waals surface area contributed by atoms with Crippen LogP contribution in [0.15, 0.2) is 15.8 Å². The Morgan fingerprint density at radius 3 is 2.89 bits per heavy atom. The number of carbonyl (C=O) groups excluding carboxylic acids is 1. The molecule has 1 saturated heterocycles. The van der Waals surface area contributed by atoms with Crippen molar-refractivity contribution in [1.29, 1.82) is 0 Å². The van der Waals surface area contributed by atoms with Gasteiger partial charge in [0.1, 0.15) is 5.56 Å². The van der Waals surface area contributed by atoms with Crippen LogP contribution in [0.3, 0.4) is 0 Å². The number of rotatable bonds is 2. The molecular weight excluding hydrogens is 238 g/mol. The van der Waals surface area contributed by atoms with Crippen LogP contribution >= 0.6 is 0 Å². The minimum Gasteiger partial charge on any atom is -0.394 e. The molecule has 2 rings (SSSR count). The number of H-pyrrole nitrogens is 2. The number of nitrogens with one attached hydrogen (secondary N) is 2. The Balaban J connectivity index is 2.32. The SMILES string of the molecule is CC1CCN(C(=O)c2c[nH]c(=O)[nH]c2=O)C1CO. The quantitative estimate of drug-likeness (QED) is 0.622. The highest BCUT2D eigenvalue weighted by Gasteiger charge is 2.35. The topological polar surface area (TPSA) is 106 Å². The molecule has 0 radical (unpaired) electrons. The second kappa shape index (κ2) is 4.77. The molecule has 1 aliphatic rings. The van der Waals surface area contributed by atoms with Crippen molar-refractivity contribution in [1.82, 2.24) is 14.9 Å². The van der Waals surface area contributed by atoms with Crippen LogP contribution in [0.1, 0.15) is 23.7 Å². The third kappa shape index (κ3) is 2.08. The van der Waals surface area contributed by atoms with Gasteiger partial charge in [-0.15, -0.1) is 0 Å². The van der Waals surface area contributed by atoms with Crippen LogP contribution in [0, 0.1) is 5.92 Å². The highest BCUT2D eigenvalue weighted by Crippen LogP contribution is 2.24. The maximum Gasteiger partial charge on any atom is 0.325 e. The summed E-state index contributed by atoms with van der Waals surface area (Å²) in [5.41, 5.74) is -1.47. The number of aliphatic hydroxyl groups excluding tert-OH is 1. The fourth-order valence-electron chi connectivity index (χ4n) is 2.26. The lowest BCUT2D eigenvalue weighted by molar-refractivity contribution is 0.0646. The Bertz CT molecular complexity index is 562. The van der Waals surface area contributed by atoms with E-state index in [0.29, 0.717) is 6.54 Å². The Morgan fingerprint density at radius 1 is 1.56 bits per heavy atom. The number of carbonyl (C=O) groups is 1. The minimum absolute atomic E-state index is 0.109. The van der Waals surface area contributed by atoms with Crippen LogP contribution in [0.2, 0.25) is 0 Å².